The molecule has 0 amide bonds. The van der Waals surface area contributed by atoms with Crippen LogP contribution in [0.3, 0.4) is 0 Å². The van der Waals surface area contributed by atoms with Crippen molar-refractivity contribution >= 4 is 14.4 Å². The van der Waals surface area contributed by atoms with E-state index in [1.54, 1.807) is 0 Å². The molecule has 0 aliphatic carbocycles. The van der Waals surface area contributed by atoms with Crippen LogP contribution in [0.5, 0.6) is 0 Å². The summed E-state index contributed by atoms with van der Waals surface area (Å²) in [4.78, 5) is 11.4. The molecule has 90 valence electrons. The van der Waals surface area contributed by atoms with Gasteiger partial charge in [0, 0.05) is 5.04 Å². The lowest BCUT2D eigenvalue weighted by molar-refractivity contribution is -0.110. The van der Waals surface area contributed by atoms with Crippen LogP contribution >= 0.6 is 0 Å². The first kappa shape index (κ1) is 14.9. The predicted octanol–water partition coefficient (Wildman–Crippen LogP) is 4.64. The van der Waals surface area contributed by atoms with Crippen molar-refractivity contribution in [2.75, 3.05) is 0 Å². The maximum Gasteiger partial charge on any atom is 0.122 e. The molecule has 2 heteroatoms. The highest BCUT2D eigenvalue weighted by molar-refractivity contribution is 6.88. The molecule has 0 bridgehead atoms. The molecule has 0 unspecified atom stereocenters. The van der Waals surface area contributed by atoms with Gasteiger partial charge in [-0.2, -0.15) is 0 Å². The molecule has 0 heterocycles. The van der Waals surface area contributed by atoms with Crippen LogP contribution in [0.1, 0.15) is 55.4 Å². The Labute approximate surface area is 96.7 Å². The van der Waals surface area contributed by atoms with Crippen molar-refractivity contribution in [1.82, 2.24) is 0 Å². The standard InChI is InChI=1S/C13H28OSi/c1-10(2)15(11(3)4,12(5)6)13(7,8)9-14/h9-12H,1-8H3. The topological polar surface area (TPSA) is 17.1 Å². The normalized spacial score (nSPS) is 14.1. The Balaban J connectivity index is 5.63. The molecule has 1 nitrogen and oxygen atoms in total. The maximum absolute atomic E-state index is 11.4. The minimum atomic E-state index is -1.62. The molecular formula is C13H28OSi. The van der Waals surface area contributed by atoms with Gasteiger partial charge in [0.05, 0.1) is 8.07 Å². The quantitative estimate of drug-likeness (QED) is 0.495. The zero-order valence-electron chi connectivity index (χ0n) is 11.7. The van der Waals surface area contributed by atoms with Gasteiger partial charge in [-0.3, -0.25) is 0 Å². The van der Waals surface area contributed by atoms with Crippen LogP contribution < -0.4 is 0 Å². The van der Waals surface area contributed by atoms with Gasteiger partial charge >= 0.3 is 0 Å². The number of carbonyl (C=O) groups is 1. The Kier molecular flexibility index (Phi) is 4.78. The van der Waals surface area contributed by atoms with E-state index in [0.29, 0.717) is 16.6 Å². The van der Waals surface area contributed by atoms with Crippen molar-refractivity contribution in [3.05, 3.63) is 0 Å². The molecule has 0 saturated carbocycles. The van der Waals surface area contributed by atoms with Crippen LogP contribution in [0, 0.1) is 0 Å². The van der Waals surface area contributed by atoms with Crippen LogP contribution in [0.4, 0.5) is 0 Å². The highest BCUT2D eigenvalue weighted by Crippen LogP contribution is 2.55. The van der Waals surface area contributed by atoms with E-state index in [2.05, 4.69) is 55.4 Å². The van der Waals surface area contributed by atoms with Crippen molar-refractivity contribution in [3.63, 3.8) is 0 Å². The summed E-state index contributed by atoms with van der Waals surface area (Å²) in [6.07, 6.45) is 1.21. The molecule has 0 radical (unpaired) electrons. The maximum atomic E-state index is 11.4. The summed E-state index contributed by atoms with van der Waals surface area (Å²) in [5.74, 6) is 0. The summed E-state index contributed by atoms with van der Waals surface area (Å²) in [7, 11) is -1.62. The van der Waals surface area contributed by atoms with Gasteiger partial charge in [-0.25, -0.2) is 0 Å². The van der Waals surface area contributed by atoms with E-state index < -0.39 is 8.07 Å². The van der Waals surface area contributed by atoms with Crippen LogP contribution in [0.2, 0.25) is 21.7 Å². The number of hydrogen-bond acceptors (Lipinski definition) is 1. The van der Waals surface area contributed by atoms with Gasteiger partial charge in [-0.1, -0.05) is 55.4 Å². The number of hydrogen-bond donors (Lipinski definition) is 0. The zero-order chi connectivity index (χ0) is 12.4. The molecule has 0 atom stereocenters. The van der Waals surface area contributed by atoms with Crippen LogP contribution in [-0.4, -0.2) is 14.4 Å². The fourth-order valence-corrected chi connectivity index (χ4v) is 13.0. The van der Waals surface area contributed by atoms with Gasteiger partial charge in [0.2, 0.25) is 0 Å². The van der Waals surface area contributed by atoms with E-state index in [4.69, 9.17) is 0 Å². The van der Waals surface area contributed by atoms with Crippen molar-refractivity contribution in [2.24, 2.45) is 0 Å². The van der Waals surface area contributed by atoms with Crippen LogP contribution in [0.15, 0.2) is 0 Å². The summed E-state index contributed by atoms with van der Waals surface area (Å²) in [5.41, 5.74) is 1.95. The SMILES string of the molecule is CC(C)[Si](C(C)C)(C(C)C)C(C)(C)C=O. The summed E-state index contributed by atoms with van der Waals surface area (Å²) in [6, 6.07) is 0. The van der Waals surface area contributed by atoms with E-state index >= 15 is 0 Å². The molecule has 0 aromatic carbocycles. The van der Waals surface area contributed by atoms with Gasteiger partial charge in [0.25, 0.3) is 0 Å². The average Bonchev–Trinajstić information content (AvgIpc) is 2.02. The number of rotatable bonds is 5. The fraction of sp³-hybridized carbons (Fsp3) is 0.923. The van der Waals surface area contributed by atoms with Gasteiger partial charge in [0.1, 0.15) is 6.29 Å². The molecule has 0 fully saturated rings. The first-order valence-electron chi connectivity index (χ1n) is 6.10. The van der Waals surface area contributed by atoms with Gasteiger partial charge in [-0.15, -0.1) is 0 Å². The van der Waals surface area contributed by atoms with Crippen LogP contribution in [0.25, 0.3) is 0 Å². The molecule has 0 saturated heterocycles. The Morgan fingerprint density at radius 2 is 1.13 bits per heavy atom. The van der Waals surface area contributed by atoms with E-state index in [1.165, 1.54) is 6.29 Å². The molecule has 0 spiro atoms. The van der Waals surface area contributed by atoms with E-state index in [1.807, 2.05) is 0 Å². The summed E-state index contributed by atoms with van der Waals surface area (Å²) in [5, 5.41) is -0.122. The van der Waals surface area contributed by atoms with E-state index in [-0.39, 0.29) is 5.04 Å². The van der Waals surface area contributed by atoms with Gasteiger partial charge < -0.3 is 4.79 Å². The lowest BCUT2D eigenvalue weighted by Crippen LogP contribution is -2.53. The van der Waals surface area contributed by atoms with Crippen LogP contribution in [-0.2, 0) is 4.79 Å². The molecule has 15 heavy (non-hydrogen) atoms. The summed E-state index contributed by atoms with van der Waals surface area (Å²) in [6.45, 7) is 18.1. The fourth-order valence-electron chi connectivity index (χ4n) is 4.33. The molecule has 0 aromatic rings. The zero-order valence-corrected chi connectivity index (χ0v) is 12.7. The highest BCUT2D eigenvalue weighted by Gasteiger charge is 2.53. The van der Waals surface area contributed by atoms with Crippen molar-refractivity contribution in [2.45, 2.75) is 77.1 Å². The lowest BCUT2D eigenvalue weighted by atomic mass is 10.2. The van der Waals surface area contributed by atoms with Gasteiger partial charge in [-0.05, 0) is 16.6 Å². The molecular weight excluding hydrogens is 200 g/mol. The lowest BCUT2D eigenvalue weighted by Gasteiger charge is -2.51. The monoisotopic (exact) mass is 228 g/mol. The Morgan fingerprint density at radius 1 is 0.867 bits per heavy atom. The van der Waals surface area contributed by atoms with E-state index in [0.717, 1.165) is 0 Å². The first-order chi connectivity index (χ1) is 6.64. The highest BCUT2D eigenvalue weighted by atomic mass is 28.3. The van der Waals surface area contributed by atoms with Crippen molar-refractivity contribution in [3.8, 4) is 0 Å². The third-order valence-electron chi connectivity index (χ3n) is 4.28. The minimum Gasteiger partial charge on any atom is -0.303 e. The summed E-state index contributed by atoms with van der Waals surface area (Å²) >= 11 is 0. The first-order valence-corrected chi connectivity index (χ1v) is 8.34. The molecule has 0 aliphatic rings. The number of aldehydes is 1. The predicted molar refractivity (Wildman–Crippen MR) is 71.2 cm³/mol. The Morgan fingerprint density at radius 3 is 1.20 bits per heavy atom. The smallest absolute Gasteiger partial charge is 0.122 e. The summed E-state index contributed by atoms with van der Waals surface area (Å²) < 4.78 is 0. The van der Waals surface area contributed by atoms with Gasteiger partial charge in [0.15, 0.2) is 0 Å². The molecule has 0 N–H and O–H groups in total. The second kappa shape index (κ2) is 4.81. The molecule has 0 rings (SSSR count). The van der Waals surface area contributed by atoms with Crippen molar-refractivity contribution in [1.29, 1.82) is 0 Å². The Bertz CT molecular complexity index is 195. The third-order valence-corrected chi connectivity index (χ3v) is 12.4. The second-order valence-electron chi connectivity index (χ2n) is 6.24. The Hall–Kier alpha value is -0.113. The minimum absolute atomic E-state index is 0.122. The molecule has 0 aliphatic heterocycles. The second-order valence-corrected chi connectivity index (χ2v) is 12.9. The third kappa shape index (κ3) is 2.20. The largest absolute Gasteiger partial charge is 0.303 e. The van der Waals surface area contributed by atoms with Crippen molar-refractivity contribution < 1.29 is 4.79 Å². The number of carbonyl (C=O) groups excluding carboxylic acids is 1. The molecule has 0 aromatic heterocycles. The van der Waals surface area contributed by atoms with E-state index in [9.17, 15) is 4.79 Å². The average molecular weight is 228 g/mol.